The molecular weight excluding hydrogens is 338 g/mol. The minimum absolute atomic E-state index is 0.0118. The Bertz CT molecular complexity index is 1060. The molecule has 0 fully saturated rings. The van der Waals surface area contributed by atoms with Gasteiger partial charge in [-0.3, -0.25) is 14.6 Å². The summed E-state index contributed by atoms with van der Waals surface area (Å²) in [4.78, 5) is 28.1. The molecule has 0 saturated heterocycles. The van der Waals surface area contributed by atoms with E-state index in [0.717, 1.165) is 39.9 Å². The molecule has 0 spiro atoms. The Morgan fingerprint density at radius 3 is 2.78 bits per heavy atom. The van der Waals surface area contributed by atoms with Crippen molar-refractivity contribution in [1.82, 2.24) is 9.55 Å². The average Bonchev–Trinajstić information content (AvgIpc) is 2.66. The molecule has 3 heterocycles. The van der Waals surface area contributed by atoms with Crippen LogP contribution in [0.25, 0.3) is 11.1 Å². The van der Waals surface area contributed by atoms with E-state index < -0.39 is 0 Å². The van der Waals surface area contributed by atoms with Crippen LogP contribution in [0.15, 0.2) is 53.7 Å². The zero-order valence-corrected chi connectivity index (χ0v) is 15.5. The summed E-state index contributed by atoms with van der Waals surface area (Å²) < 4.78 is 1.62. The normalized spacial score (nSPS) is 13.2. The molecule has 1 amide bonds. The van der Waals surface area contributed by atoms with Crippen LogP contribution in [0.2, 0.25) is 0 Å². The van der Waals surface area contributed by atoms with E-state index in [4.69, 9.17) is 0 Å². The van der Waals surface area contributed by atoms with E-state index in [2.05, 4.69) is 22.4 Å². The van der Waals surface area contributed by atoms with E-state index in [0.29, 0.717) is 18.4 Å². The summed E-state index contributed by atoms with van der Waals surface area (Å²) in [6.07, 6.45) is 7.42. The molecule has 4 rings (SSSR count). The van der Waals surface area contributed by atoms with E-state index >= 15 is 0 Å². The monoisotopic (exact) mass is 359 g/mol. The lowest BCUT2D eigenvalue weighted by atomic mass is 9.90. The summed E-state index contributed by atoms with van der Waals surface area (Å²) in [5, 5.41) is 2.99. The maximum Gasteiger partial charge on any atom is 0.253 e. The van der Waals surface area contributed by atoms with Gasteiger partial charge in [-0.15, -0.1) is 0 Å². The predicted octanol–water partition coefficient (Wildman–Crippen LogP) is 3.23. The summed E-state index contributed by atoms with van der Waals surface area (Å²) in [5.41, 5.74) is 7.04. The summed E-state index contributed by atoms with van der Waals surface area (Å²) in [5.74, 6) is 0.0560. The van der Waals surface area contributed by atoms with Crippen molar-refractivity contribution >= 4 is 11.6 Å². The molecule has 3 aromatic rings. The Balaban J connectivity index is 1.88. The van der Waals surface area contributed by atoms with Gasteiger partial charge in [0.25, 0.3) is 5.56 Å². The fourth-order valence-electron chi connectivity index (χ4n) is 3.64. The second-order valence-electron chi connectivity index (χ2n) is 7.08. The van der Waals surface area contributed by atoms with Gasteiger partial charge in [0.1, 0.15) is 0 Å². The molecule has 1 aromatic carbocycles. The molecule has 0 unspecified atom stereocenters. The summed E-state index contributed by atoms with van der Waals surface area (Å²) >= 11 is 0. The van der Waals surface area contributed by atoms with Crippen LogP contribution in [-0.2, 0) is 24.7 Å². The van der Waals surface area contributed by atoms with Gasteiger partial charge in [0.2, 0.25) is 5.91 Å². The zero-order chi connectivity index (χ0) is 19.0. The molecule has 0 bridgehead atoms. The number of aryl methyl sites for hydroxylation is 3. The number of anilines is 1. The smallest absolute Gasteiger partial charge is 0.253 e. The van der Waals surface area contributed by atoms with E-state index in [9.17, 15) is 9.59 Å². The van der Waals surface area contributed by atoms with Crippen LogP contribution < -0.4 is 10.9 Å². The van der Waals surface area contributed by atoms with Gasteiger partial charge in [0.05, 0.1) is 0 Å². The van der Waals surface area contributed by atoms with Gasteiger partial charge in [-0.2, -0.15) is 0 Å². The highest BCUT2D eigenvalue weighted by Gasteiger charge is 2.19. The maximum atomic E-state index is 12.1. The van der Waals surface area contributed by atoms with Gasteiger partial charge in [0, 0.05) is 43.3 Å². The van der Waals surface area contributed by atoms with Crippen molar-refractivity contribution in [3.8, 4) is 11.1 Å². The highest BCUT2D eigenvalue weighted by atomic mass is 16.1. The third kappa shape index (κ3) is 3.40. The lowest BCUT2D eigenvalue weighted by Gasteiger charge is -2.21. The number of fused-ring (bicyclic) bond motifs is 1. The number of hydrogen-bond acceptors (Lipinski definition) is 3. The van der Waals surface area contributed by atoms with Crippen LogP contribution in [0, 0.1) is 6.92 Å². The number of carbonyl (C=O) groups excluding carboxylic acids is 1. The van der Waals surface area contributed by atoms with Crippen molar-refractivity contribution in [3.05, 3.63) is 81.5 Å². The number of benzene rings is 1. The number of rotatable bonds is 3. The minimum atomic E-state index is 0.0118. The molecule has 5 heteroatoms. The van der Waals surface area contributed by atoms with Crippen molar-refractivity contribution < 1.29 is 4.79 Å². The number of nitrogens with zero attached hydrogens (tertiary/aromatic N) is 2. The SMILES string of the molecule is Cc1cc(-c2cc3c(cc2Cc2cccnc2)NC(=O)CC3)cn(C)c1=O. The number of nitrogens with one attached hydrogen (secondary N) is 1. The standard InChI is InChI=1S/C22H21N3O2/c1-14-8-18(13-25(2)22(14)27)19-10-16-5-6-21(26)24-20(16)11-17(19)9-15-4-3-7-23-12-15/h3-4,7-8,10-13H,5-6,9H2,1-2H3,(H,24,26). The van der Waals surface area contributed by atoms with Crippen molar-refractivity contribution in [2.45, 2.75) is 26.2 Å². The van der Waals surface area contributed by atoms with Gasteiger partial charge < -0.3 is 9.88 Å². The predicted molar refractivity (Wildman–Crippen MR) is 106 cm³/mol. The summed E-state index contributed by atoms with van der Waals surface area (Å²) in [7, 11) is 1.78. The third-order valence-electron chi connectivity index (χ3n) is 5.02. The first-order chi connectivity index (χ1) is 13.0. The first-order valence-electron chi connectivity index (χ1n) is 9.03. The fraction of sp³-hybridized carbons (Fsp3) is 0.227. The molecule has 1 aliphatic rings. The first-order valence-corrected chi connectivity index (χ1v) is 9.03. The van der Waals surface area contributed by atoms with Crippen LogP contribution >= 0.6 is 0 Å². The molecule has 2 aromatic heterocycles. The number of pyridine rings is 2. The topological polar surface area (TPSA) is 64.0 Å². The van der Waals surface area contributed by atoms with Crippen LogP contribution in [0.3, 0.4) is 0 Å². The first kappa shape index (κ1) is 17.2. The number of amides is 1. The lowest BCUT2D eigenvalue weighted by molar-refractivity contribution is -0.116. The fourth-order valence-corrected chi connectivity index (χ4v) is 3.64. The van der Waals surface area contributed by atoms with E-state index in [1.54, 1.807) is 17.8 Å². The largest absolute Gasteiger partial charge is 0.326 e. The molecule has 1 aliphatic heterocycles. The Labute approximate surface area is 157 Å². The Kier molecular flexibility index (Phi) is 4.36. The number of aromatic nitrogens is 2. The third-order valence-corrected chi connectivity index (χ3v) is 5.02. The molecule has 0 radical (unpaired) electrons. The Morgan fingerprint density at radius 2 is 2.04 bits per heavy atom. The second kappa shape index (κ2) is 6.83. The zero-order valence-electron chi connectivity index (χ0n) is 15.5. The molecule has 0 aliphatic carbocycles. The average molecular weight is 359 g/mol. The Hall–Kier alpha value is -3.21. The van der Waals surface area contributed by atoms with Crippen molar-refractivity contribution in [1.29, 1.82) is 0 Å². The van der Waals surface area contributed by atoms with Gasteiger partial charge in [-0.1, -0.05) is 6.07 Å². The van der Waals surface area contributed by atoms with E-state index in [1.165, 1.54) is 0 Å². The molecule has 27 heavy (non-hydrogen) atoms. The van der Waals surface area contributed by atoms with Crippen LogP contribution in [-0.4, -0.2) is 15.5 Å². The highest BCUT2D eigenvalue weighted by Crippen LogP contribution is 2.33. The van der Waals surface area contributed by atoms with Gasteiger partial charge in [0.15, 0.2) is 0 Å². The molecule has 0 atom stereocenters. The van der Waals surface area contributed by atoms with Gasteiger partial charge in [-0.25, -0.2) is 0 Å². The van der Waals surface area contributed by atoms with Crippen LogP contribution in [0.4, 0.5) is 5.69 Å². The highest BCUT2D eigenvalue weighted by molar-refractivity contribution is 5.94. The quantitative estimate of drug-likeness (QED) is 0.781. The molecule has 5 nitrogen and oxygen atoms in total. The van der Waals surface area contributed by atoms with Crippen molar-refractivity contribution in [3.63, 3.8) is 0 Å². The molecule has 1 N–H and O–H groups in total. The van der Waals surface area contributed by atoms with E-state index in [-0.39, 0.29) is 11.5 Å². The van der Waals surface area contributed by atoms with Crippen LogP contribution in [0.1, 0.15) is 28.7 Å². The number of hydrogen-bond donors (Lipinski definition) is 1. The number of carbonyl (C=O) groups is 1. The minimum Gasteiger partial charge on any atom is -0.326 e. The Morgan fingerprint density at radius 1 is 1.19 bits per heavy atom. The molecule has 0 saturated carbocycles. The van der Waals surface area contributed by atoms with Crippen molar-refractivity contribution in [2.24, 2.45) is 7.05 Å². The summed E-state index contributed by atoms with van der Waals surface area (Å²) in [6.45, 7) is 1.84. The molecular formula is C22H21N3O2. The second-order valence-corrected chi connectivity index (χ2v) is 7.08. The molecule has 136 valence electrons. The van der Waals surface area contributed by atoms with Crippen LogP contribution in [0.5, 0.6) is 0 Å². The maximum absolute atomic E-state index is 12.1. The lowest BCUT2D eigenvalue weighted by Crippen LogP contribution is -2.20. The van der Waals surface area contributed by atoms with Crippen molar-refractivity contribution in [2.75, 3.05) is 5.32 Å². The van der Waals surface area contributed by atoms with Gasteiger partial charge in [-0.05, 0) is 71.8 Å². The summed E-state index contributed by atoms with van der Waals surface area (Å²) in [6, 6.07) is 10.1. The van der Waals surface area contributed by atoms with E-state index in [1.807, 2.05) is 37.5 Å². The van der Waals surface area contributed by atoms with Gasteiger partial charge >= 0.3 is 0 Å².